The molecule has 2 aliphatic carbocycles. The van der Waals surface area contributed by atoms with Crippen LogP contribution in [0.15, 0.2) is 29.8 Å². The zero-order chi connectivity index (χ0) is 11.4. The van der Waals surface area contributed by atoms with Gasteiger partial charge >= 0.3 is 0 Å². The molecule has 2 atom stereocenters. The van der Waals surface area contributed by atoms with Gasteiger partial charge in [-0.1, -0.05) is 29.8 Å². The quantitative estimate of drug-likeness (QED) is 0.678. The Labute approximate surface area is 100 Å². The summed E-state index contributed by atoms with van der Waals surface area (Å²) >= 11 is 0. The second-order valence-electron chi connectivity index (χ2n) is 5.17. The highest BCUT2D eigenvalue weighted by Crippen LogP contribution is 2.49. The van der Waals surface area contributed by atoms with Crippen LogP contribution in [-0.2, 0) is 16.0 Å². The molecule has 17 heavy (non-hydrogen) atoms. The lowest BCUT2D eigenvalue weighted by Crippen LogP contribution is -2.30. The van der Waals surface area contributed by atoms with Crippen LogP contribution in [0.5, 0.6) is 0 Å². The third-order valence-electron chi connectivity index (χ3n) is 4.38. The van der Waals surface area contributed by atoms with E-state index in [1.54, 1.807) is 0 Å². The predicted molar refractivity (Wildman–Crippen MR) is 64.5 cm³/mol. The van der Waals surface area contributed by atoms with Gasteiger partial charge in [0.05, 0.1) is 12.5 Å². The maximum Gasteiger partial charge on any atom is 0.169 e. The summed E-state index contributed by atoms with van der Waals surface area (Å²) in [6.45, 7) is 1.43. The van der Waals surface area contributed by atoms with Gasteiger partial charge in [-0.25, -0.2) is 0 Å². The molecule has 4 rings (SSSR count). The van der Waals surface area contributed by atoms with Crippen LogP contribution in [0.3, 0.4) is 0 Å². The fraction of sp³-hybridized carbons (Fsp3) is 0.400. The van der Waals surface area contributed by atoms with Crippen LogP contribution in [0.2, 0.25) is 0 Å². The summed E-state index contributed by atoms with van der Waals surface area (Å²) in [5.41, 5.74) is 4.93. The molecule has 86 valence electrons. The minimum absolute atomic E-state index is 0.113. The molecule has 1 saturated heterocycles. The predicted octanol–water partition coefficient (Wildman–Crippen LogP) is 2.23. The first kappa shape index (κ1) is 9.60. The normalized spacial score (nSPS) is 30.2. The van der Waals surface area contributed by atoms with Crippen molar-refractivity contribution < 1.29 is 9.53 Å². The highest BCUT2D eigenvalue weighted by molar-refractivity contribution is 6.26. The first-order chi connectivity index (χ1) is 8.36. The summed E-state index contributed by atoms with van der Waals surface area (Å²) in [7, 11) is 0. The molecule has 0 spiro atoms. The second-order valence-corrected chi connectivity index (χ2v) is 5.17. The van der Waals surface area contributed by atoms with Crippen molar-refractivity contribution in [3.8, 4) is 0 Å². The first-order valence-corrected chi connectivity index (χ1v) is 6.29. The number of hydrogen-bond donors (Lipinski definition) is 0. The molecule has 0 amide bonds. The van der Waals surface area contributed by atoms with E-state index >= 15 is 0 Å². The number of ketones is 1. The van der Waals surface area contributed by atoms with E-state index in [2.05, 4.69) is 18.2 Å². The molecule has 0 bridgehead atoms. The van der Waals surface area contributed by atoms with Gasteiger partial charge in [-0.3, -0.25) is 4.79 Å². The number of hydrogen-bond acceptors (Lipinski definition) is 2. The molecular formula is C15H14O2. The number of rotatable bonds is 0. The van der Waals surface area contributed by atoms with E-state index in [0.717, 1.165) is 25.0 Å². The minimum Gasteiger partial charge on any atom is -0.381 e. The first-order valence-electron chi connectivity index (χ1n) is 6.29. The van der Waals surface area contributed by atoms with E-state index in [1.165, 1.54) is 16.7 Å². The third-order valence-corrected chi connectivity index (χ3v) is 4.38. The molecule has 2 heteroatoms. The zero-order valence-corrected chi connectivity index (χ0v) is 9.61. The van der Waals surface area contributed by atoms with Crippen LogP contribution in [0.1, 0.15) is 17.5 Å². The molecule has 3 aliphatic rings. The lowest BCUT2D eigenvalue weighted by molar-refractivity contribution is -0.121. The number of benzene rings is 1. The number of carbonyl (C=O) groups is 1. The van der Waals surface area contributed by atoms with Crippen molar-refractivity contribution in [3.63, 3.8) is 0 Å². The molecule has 0 saturated carbocycles. The van der Waals surface area contributed by atoms with Gasteiger partial charge in [0, 0.05) is 12.2 Å². The Morgan fingerprint density at radius 3 is 3.00 bits per heavy atom. The van der Waals surface area contributed by atoms with Gasteiger partial charge in [0.15, 0.2) is 5.78 Å². The van der Waals surface area contributed by atoms with Crippen molar-refractivity contribution >= 4 is 11.4 Å². The van der Waals surface area contributed by atoms with E-state index in [0.29, 0.717) is 18.3 Å². The summed E-state index contributed by atoms with van der Waals surface area (Å²) in [6.07, 6.45) is 2.00. The molecule has 0 radical (unpaired) electrons. The number of allylic oxidation sites excluding steroid dienone is 2. The topological polar surface area (TPSA) is 26.3 Å². The Morgan fingerprint density at radius 1 is 1.18 bits per heavy atom. The largest absolute Gasteiger partial charge is 0.381 e. The molecule has 1 aliphatic heterocycles. The molecule has 0 aromatic heterocycles. The summed E-state index contributed by atoms with van der Waals surface area (Å²) in [6, 6.07) is 8.33. The third kappa shape index (κ3) is 1.16. The number of Topliss-reactive ketones (excluding diaryl/α,β-unsaturated/α-hetero) is 1. The van der Waals surface area contributed by atoms with Crippen LogP contribution in [0.25, 0.3) is 5.57 Å². The summed E-state index contributed by atoms with van der Waals surface area (Å²) in [4.78, 5) is 12.4. The monoisotopic (exact) mass is 226 g/mol. The molecule has 1 fully saturated rings. The lowest BCUT2D eigenvalue weighted by Gasteiger charge is -2.26. The average Bonchev–Trinajstić information content (AvgIpc) is 2.88. The van der Waals surface area contributed by atoms with Gasteiger partial charge in [-0.15, -0.1) is 0 Å². The van der Waals surface area contributed by atoms with Crippen LogP contribution in [0.4, 0.5) is 0 Å². The Kier molecular flexibility index (Phi) is 1.86. The van der Waals surface area contributed by atoms with Crippen LogP contribution in [0, 0.1) is 11.8 Å². The van der Waals surface area contributed by atoms with E-state index < -0.39 is 0 Å². The summed E-state index contributed by atoms with van der Waals surface area (Å²) < 4.78 is 5.46. The molecule has 0 N–H and O–H groups in total. The Morgan fingerprint density at radius 2 is 2.06 bits per heavy atom. The van der Waals surface area contributed by atoms with Crippen LogP contribution < -0.4 is 0 Å². The van der Waals surface area contributed by atoms with E-state index in [-0.39, 0.29) is 5.92 Å². The maximum absolute atomic E-state index is 12.4. The van der Waals surface area contributed by atoms with Gasteiger partial charge in [-0.05, 0) is 29.9 Å². The lowest BCUT2D eigenvalue weighted by atomic mass is 9.84. The van der Waals surface area contributed by atoms with Crippen molar-refractivity contribution in [1.82, 2.24) is 0 Å². The van der Waals surface area contributed by atoms with Crippen molar-refractivity contribution in [3.05, 3.63) is 41.0 Å². The highest BCUT2D eigenvalue weighted by Gasteiger charge is 2.46. The van der Waals surface area contributed by atoms with Crippen LogP contribution in [-0.4, -0.2) is 19.0 Å². The Bertz CT molecular complexity index is 542. The van der Waals surface area contributed by atoms with Gasteiger partial charge in [0.25, 0.3) is 0 Å². The van der Waals surface area contributed by atoms with Crippen molar-refractivity contribution in [2.75, 3.05) is 13.2 Å². The van der Waals surface area contributed by atoms with E-state index in [9.17, 15) is 4.79 Å². The summed E-state index contributed by atoms with van der Waals surface area (Å²) in [5.74, 6) is 0.899. The van der Waals surface area contributed by atoms with Gasteiger partial charge in [0.2, 0.25) is 0 Å². The van der Waals surface area contributed by atoms with Crippen molar-refractivity contribution in [1.29, 1.82) is 0 Å². The maximum atomic E-state index is 12.4. The number of carbonyl (C=O) groups excluding carboxylic acids is 1. The number of fused-ring (bicyclic) bond motifs is 4. The Balaban J connectivity index is 1.85. The minimum atomic E-state index is 0.113. The summed E-state index contributed by atoms with van der Waals surface area (Å²) in [5, 5.41) is 0. The van der Waals surface area contributed by atoms with E-state index in [1.807, 2.05) is 6.07 Å². The molecule has 2 nitrogen and oxygen atoms in total. The van der Waals surface area contributed by atoms with Crippen LogP contribution >= 0.6 is 0 Å². The fourth-order valence-electron chi connectivity index (χ4n) is 3.59. The molecule has 1 heterocycles. The van der Waals surface area contributed by atoms with Gasteiger partial charge < -0.3 is 4.74 Å². The SMILES string of the molecule is O=C1C2=C(Cc3ccccc32)C2CCOCC12. The molecular weight excluding hydrogens is 212 g/mol. The zero-order valence-electron chi connectivity index (χ0n) is 9.61. The van der Waals surface area contributed by atoms with E-state index in [4.69, 9.17) is 4.74 Å². The average molecular weight is 226 g/mol. The van der Waals surface area contributed by atoms with Gasteiger partial charge in [0.1, 0.15) is 0 Å². The second kappa shape index (κ2) is 3.30. The molecule has 1 aromatic rings. The highest BCUT2D eigenvalue weighted by atomic mass is 16.5. The molecule has 1 aromatic carbocycles. The number of ether oxygens (including phenoxy) is 1. The standard InChI is InChI=1S/C15H14O2/c16-15-13-8-17-6-5-11(13)12-7-9-3-1-2-4-10(9)14(12)15/h1-4,11,13H,5-8H2. The van der Waals surface area contributed by atoms with Gasteiger partial charge in [-0.2, -0.15) is 0 Å². The smallest absolute Gasteiger partial charge is 0.169 e. The molecule has 2 unspecified atom stereocenters. The van der Waals surface area contributed by atoms with Crippen molar-refractivity contribution in [2.24, 2.45) is 11.8 Å². The van der Waals surface area contributed by atoms with Crippen molar-refractivity contribution in [2.45, 2.75) is 12.8 Å². The Hall–Kier alpha value is -1.41. The fourth-order valence-corrected chi connectivity index (χ4v) is 3.59.